The third kappa shape index (κ3) is 5.99. The molecule has 3 heterocycles. The molecule has 1 aliphatic heterocycles. The Morgan fingerprint density at radius 1 is 0.949 bits per heavy atom. The maximum Gasteiger partial charge on any atom is 0.254 e. The Morgan fingerprint density at radius 2 is 1.69 bits per heavy atom. The summed E-state index contributed by atoms with van der Waals surface area (Å²) in [4.78, 5) is 22.0. The van der Waals surface area contributed by atoms with E-state index in [2.05, 4.69) is 89.2 Å². The Labute approximate surface area is 229 Å². The molecule has 39 heavy (non-hydrogen) atoms. The second kappa shape index (κ2) is 11.7. The number of allylic oxidation sites excluding steroid dienone is 4. The molecule has 2 aromatic heterocycles. The highest BCUT2D eigenvalue weighted by Gasteiger charge is 2.24. The van der Waals surface area contributed by atoms with Crippen LogP contribution in [0.25, 0.3) is 11.2 Å². The third-order valence-corrected chi connectivity index (χ3v) is 7.21. The van der Waals surface area contributed by atoms with Crippen LogP contribution in [0.15, 0.2) is 96.3 Å². The van der Waals surface area contributed by atoms with E-state index in [0.717, 1.165) is 55.0 Å². The molecule has 6 rings (SSSR count). The van der Waals surface area contributed by atoms with Gasteiger partial charge in [0, 0.05) is 19.7 Å². The molecule has 1 aliphatic carbocycles. The van der Waals surface area contributed by atoms with E-state index >= 15 is 0 Å². The highest BCUT2D eigenvalue weighted by atomic mass is 16.5. The van der Waals surface area contributed by atoms with Crippen molar-refractivity contribution in [3.63, 3.8) is 0 Å². The molecule has 0 radical (unpaired) electrons. The van der Waals surface area contributed by atoms with Gasteiger partial charge in [0.15, 0.2) is 17.0 Å². The minimum Gasteiger partial charge on any atom is -0.358 e. The smallest absolute Gasteiger partial charge is 0.254 e. The molecule has 0 spiro atoms. The van der Waals surface area contributed by atoms with Crippen LogP contribution in [0, 0.1) is 5.92 Å². The van der Waals surface area contributed by atoms with Crippen molar-refractivity contribution >= 4 is 28.6 Å². The van der Waals surface area contributed by atoms with Crippen LogP contribution in [0.3, 0.4) is 0 Å². The quantitative estimate of drug-likeness (QED) is 0.265. The highest BCUT2D eigenvalue weighted by molar-refractivity contribution is 6.05. The molecule has 2 aliphatic rings. The summed E-state index contributed by atoms with van der Waals surface area (Å²) >= 11 is 0. The van der Waals surface area contributed by atoms with E-state index < -0.39 is 0 Å². The summed E-state index contributed by atoms with van der Waals surface area (Å²) in [5.74, 6) is 1.68. The van der Waals surface area contributed by atoms with Crippen molar-refractivity contribution in [3.8, 4) is 0 Å². The predicted octanol–water partition coefficient (Wildman–Crippen LogP) is 6.96. The SMILES string of the molecule is CC1C=CC(=Nc2nc(N(Cc3ccccc3)Cc3ccccc3)c3ncn(C4CCCCO4)c3n2)C=CC1. The van der Waals surface area contributed by atoms with Crippen LogP contribution < -0.4 is 4.90 Å². The van der Waals surface area contributed by atoms with E-state index in [0.29, 0.717) is 25.0 Å². The molecule has 2 unspecified atom stereocenters. The van der Waals surface area contributed by atoms with Crippen molar-refractivity contribution in [1.29, 1.82) is 0 Å². The van der Waals surface area contributed by atoms with E-state index in [1.165, 1.54) is 11.1 Å². The number of benzene rings is 2. The van der Waals surface area contributed by atoms with Gasteiger partial charge in [0.2, 0.25) is 0 Å². The lowest BCUT2D eigenvalue weighted by Crippen LogP contribution is -2.24. The van der Waals surface area contributed by atoms with Gasteiger partial charge in [-0.25, -0.2) is 9.98 Å². The lowest BCUT2D eigenvalue weighted by Gasteiger charge is -2.26. The summed E-state index contributed by atoms with van der Waals surface area (Å²) in [6.45, 7) is 4.32. The fourth-order valence-electron chi connectivity index (χ4n) is 5.12. The van der Waals surface area contributed by atoms with Crippen LogP contribution in [0.4, 0.5) is 11.8 Å². The zero-order valence-corrected chi connectivity index (χ0v) is 22.4. The zero-order valence-electron chi connectivity index (χ0n) is 22.4. The van der Waals surface area contributed by atoms with Gasteiger partial charge in [0.1, 0.15) is 6.23 Å². The first-order valence-electron chi connectivity index (χ1n) is 13.9. The molecule has 0 N–H and O–H groups in total. The third-order valence-electron chi connectivity index (χ3n) is 7.21. The van der Waals surface area contributed by atoms with Crippen molar-refractivity contribution < 1.29 is 4.74 Å². The van der Waals surface area contributed by atoms with Crippen LogP contribution in [0.1, 0.15) is 50.0 Å². The molecule has 2 atom stereocenters. The van der Waals surface area contributed by atoms with E-state index in [-0.39, 0.29) is 6.23 Å². The second-order valence-corrected chi connectivity index (χ2v) is 10.3. The van der Waals surface area contributed by atoms with Crippen molar-refractivity contribution in [2.45, 2.75) is 51.9 Å². The van der Waals surface area contributed by atoms with Crippen LogP contribution >= 0.6 is 0 Å². The molecule has 198 valence electrons. The minimum atomic E-state index is -0.0813. The number of imidazole rings is 1. The summed E-state index contributed by atoms with van der Waals surface area (Å²) in [6.07, 6.45) is 14.4. The minimum absolute atomic E-state index is 0.0813. The van der Waals surface area contributed by atoms with Crippen LogP contribution in [-0.4, -0.2) is 31.8 Å². The Balaban J connectivity index is 1.49. The summed E-state index contributed by atoms with van der Waals surface area (Å²) in [6, 6.07) is 21.0. The summed E-state index contributed by atoms with van der Waals surface area (Å²) in [5, 5.41) is 0. The summed E-state index contributed by atoms with van der Waals surface area (Å²) in [7, 11) is 0. The molecular weight excluding hydrogens is 484 g/mol. The van der Waals surface area contributed by atoms with Gasteiger partial charge in [-0.15, -0.1) is 0 Å². The lowest BCUT2D eigenvalue weighted by atomic mass is 10.1. The number of aromatic nitrogens is 4. The van der Waals surface area contributed by atoms with Crippen molar-refractivity contribution in [3.05, 3.63) is 102 Å². The molecule has 1 saturated heterocycles. The summed E-state index contributed by atoms with van der Waals surface area (Å²) < 4.78 is 8.19. The number of nitrogens with zero attached hydrogens (tertiary/aromatic N) is 6. The monoisotopic (exact) mass is 518 g/mol. The first-order valence-corrected chi connectivity index (χ1v) is 13.9. The first kappa shape index (κ1) is 25.2. The number of anilines is 1. The maximum atomic E-state index is 6.13. The fraction of sp³-hybridized carbons (Fsp3) is 0.312. The predicted molar refractivity (Wildman–Crippen MR) is 156 cm³/mol. The van der Waals surface area contributed by atoms with Gasteiger partial charge in [-0.3, -0.25) is 4.57 Å². The molecule has 4 aromatic rings. The normalized spacial score (nSPS) is 20.4. The largest absolute Gasteiger partial charge is 0.358 e. The second-order valence-electron chi connectivity index (χ2n) is 10.3. The first-order chi connectivity index (χ1) is 19.2. The van der Waals surface area contributed by atoms with Gasteiger partial charge >= 0.3 is 0 Å². The molecule has 0 bridgehead atoms. The van der Waals surface area contributed by atoms with E-state index in [1.54, 1.807) is 0 Å². The Morgan fingerprint density at radius 3 is 2.38 bits per heavy atom. The number of hydrogen-bond acceptors (Lipinski definition) is 6. The molecule has 0 amide bonds. The molecule has 0 saturated carbocycles. The topological polar surface area (TPSA) is 68.4 Å². The number of ether oxygens (including phenoxy) is 1. The fourth-order valence-corrected chi connectivity index (χ4v) is 5.12. The maximum absolute atomic E-state index is 6.13. The number of hydrogen-bond donors (Lipinski definition) is 0. The molecule has 1 fully saturated rings. The van der Waals surface area contributed by atoms with Gasteiger partial charge in [0.25, 0.3) is 5.95 Å². The summed E-state index contributed by atoms with van der Waals surface area (Å²) in [5.41, 5.74) is 4.77. The number of fused-ring (bicyclic) bond motifs is 1. The van der Waals surface area contributed by atoms with Crippen molar-refractivity contribution in [2.75, 3.05) is 11.5 Å². The standard InChI is InChI=1S/C32H34N6O/c1-24-11-10-16-27(19-18-24)34-32-35-30(29-31(36-32)38(23-33-29)28-17-8-9-20-39-28)37(21-25-12-4-2-5-13-25)22-26-14-6-3-7-15-26/h2-7,10,12-16,18-19,23-24,28H,8-9,11,17,20-22H2,1H3. The van der Waals surface area contributed by atoms with E-state index in [9.17, 15) is 0 Å². The highest BCUT2D eigenvalue weighted by Crippen LogP contribution is 2.32. The number of rotatable bonds is 7. The van der Waals surface area contributed by atoms with Crippen LogP contribution in [0.2, 0.25) is 0 Å². The van der Waals surface area contributed by atoms with Gasteiger partial charge in [0.05, 0.1) is 12.0 Å². The van der Waals surface area contributed by atoms with E-state index in [4.69, 9.17) is 24.7 Å². The van der Waals surface area contributed by atoms with Gasteiger partial charge in [-0.05, 0) is 54.9 Å². The molecule has 2 aromatic carbocycles. The zero-order chi connectivity index (χ0) is 26.4. The van der Waals surface area contributed by atoms with Gasteiger partial charge < -0.3 is 9.64 Å². The molecular formula is C32H34N6O. The number of aliphatic imine (C=N–C) groups is 1. The van der Waals surface area contributed by atoms with Crippen LogP contribution in [-0.2, 0) is 17.8 Å². The van der Waals surface area contributed by atoms with Gasteiger partial charge in [-0.1, -0.05) is 79.7 Å². The average molecular weight is 519 g/mol. The molecule has 7 nitrogen and oxygen atoms in total. The Bertz CT molecular complexity index is 1440. The average Bonchev–Trinajstić information content (AvgIpc) is 3.30. The van der Waals surface area contributed by atoms with Crippen molar-refractivity contribution in [1.82, 2.24) is 19.5 Å². The Hall–Kier alpha value is -4.10. The van der Waals surface area contributed by atoms with Crippen LogP contribution in [0.5, 0.6) is 0 Å². The van der Waals surface area contributed by atoms with Crippen molar-refractivity contribution in [2.24, 2.45) is 10.9 Å². The van der Waals surface area contributed by atoms with Gasteiger partial charge in [-0.2, -0.15) is 9.97 Å². The molecule has 7 heteroatoms. The Kier molecular flexibility index (Phi) is 7.59. The van der Waals surface area contributed by atoms with E-state index in [1.807, 2.05) is 18.5 Å². The lowest BCUT2D eigenvalue weighted by molar-refractivity contribution is -0.0298.